The highest BCUT2D eigenvalue weighted by molar-refractivity contribution is 6.00. The number of nitrogens with zero attached hydrogens (tertiary/aromatic N) is 2. The standard InChI is InChI=1S/C21H26N3O2/c1-2-26-19(25)14-24-15-23-13-12-16-8-6-7-11-18(16)20(23)21(24)22-17-9-4-3-5-10-17/h6-8,11-13,15,17,22H,2-5,9-10,14H2,1H3/q+1. The SMILES string of the molecule is CCOC(=O)C[n+]1cn2ccc3ccccc3c2c1NC1CCCCC1. The quantitative estimate of drug-likeness (QED) is 0.563. The highest BCUT2D eigenvalue weighted by Crippen LogP contribution is 2.27. The van der Waals surface area contributed by atoms with Crippen LogP contribution in [0.5, 0.6) is 0 Å². The van der Waals surface area contributed by atoms with Crippen molar-refractivity contribution in [3.05, 3.63) is 42.9 Å². The smallest absolute Gasteiger partial charge is 0.340 e. The topological polar surface area (TPSA) is 46.6 Å². The van der Waals surface area contributed by atoms with Crippen molar-refractivity contribution in [1.82, 2.24) is 4.40 Å². The molecule has 1 fully saturated rings. The van der Waals surface area contributed by atoms with Crippen LogP contribution >= 0.6 is 0 Å². The number of hydrogen-bond acceptors (Lipinski definition) is 3. The van der Waals surface area contributed by atoms with Gasteiger partial charge >= 0.3 is 5.97 Å². The van der Waals surface area contributed by atoms with Crippen molar-refractivity contribution >= 4 is 28.1 Å². The molecule has 0 spiro atoms. The zero-order valence-electron chi connectivity index (χ0n) is 15.3. The molecule has 3 aromatic rings. The van der Waals surface area contributed by atoms with Crippen LogP contribution in [0.3, 0.4) is 0 Å². The van der Waals surface area contributed by atoms with E-state index in [1.807, 2.05) is 17.8 Å². The Morgan fingerprint density at radius 1 is 1.23 bits per heavy atom. The van der Waals surface area contributed by atoms with Gasteiger partial charge in [0.15, 0.2) is 18.4 Å². The number of benzene rings is 1. The molecule has 2 heterocycles. The van der Waals surface area contributed by atoms with E-state index >= 15 is 0 Å². The summed E-state index contributed by atoms with van der Waals surface area (Å²) in [7, 11) is 0. The van der Waals surface area contributed by atoms with Crippen molar-refractivity contribution in [2.24, 2.45) is 0 Å². The Hall–Kier alpha value is -2.56. The van der Waals surface area contributed by atoms with Gasteiger partial charge in [-0.2, -0.15) is 0 Å². The Kier molecular flexibility index (Phi) is 4.78. The molecule has 5 nitrogen and oxygen atoms in total. The van der Waals surface area contributed by atoms with E-state index in [1.54, 1.807) is 0 Å². The molecule has 0 amide bonds. The number of esters is 1. The van der Waals surface area contributed by atoms with Gasteiger partial charge in [-0.1, -0.05) is 43.5 Å². The molecule has 0 radical (unpaired) electrons. The number of hydrogen-bond donors (Lipinski definition) is 1. The molecule has 5 heteroatoms. The number of fused-ring (bicyclic) bond motifs is 3. The number of rotatable bonds is 5. The fraction of sp³-hybridized carbons (Fsp3) is 0.429. The zero-order valence-corrected chi connectivity index (χ0v) is 15.3. The lowest BCUT2D eigenvalue weighted by atomic mass is 9.95. The molecule has 0 bridgehead atoms. The van der Waals surface area contributed by atoms with Gasteiger partial charge in [0.2, 0.25) is 0 Å². The molecule has 2 aromatic heterocycles. The predicted molar refractivity (Wildman–Crippen MR) is 102 cm³/mol. The normalized spacial score (nSPS) is 15.4. The third kappa shape index (κ3) is 3.26. The fourth-order valence-electron chi connectivity index (χ4n) is 3.98. The monoisotopic (exact) mass is 352 g/mol. The molecule has 1 N–H and O–H groups in total. The van der Waals surface area contributed by atoms with Crippen LogP contribution in [0.4, 0.5) is 5.82 Å². The summed E-state index contributed by atoms with van der Waals surface area (Å²) < 4.78 is 9.28. The summed E-state index contributed by atoms with van der Waals surface area (Å²) in [5, 5.41) is 6.14. The van der Waals surface area contributed by atoms with E-state index < -0.39 is 0 Å². The van der Waals surface area contributed by atoms with E-state index in [1.165, 1.54) is 42.9 Å². The van der Waals surface area contributed by atoms with Crippen molar-refractivity contribution in [1.29, 1.82) is 0 Å². The largest absolute Gasteiger partial charge is 0.464 e. The number of nitrogens with one attached hydrogen (secondary N) is 1. The van der Waals surface area contributed by atoms with Gasteiger partial charge < -0.3 is 4.74 Å². The first kappa shape index (κ1) is 16.9. The van der Waals surface area contributed by atoms with E-state index in [9.17, 15) is 4.79 Å². The summed E-state index contributed by atoms with van der Waals surface area (Å²) in [5.74, 6) is 0.811. The zero-order chi connectivity index (χ0) is 17.9. The average molecular weight is 352 g/mol. The number of imidazole rings is 1. The van der Waals surface area contributed by atoms with E-state index in [2.05, 4.69) is 46.2 Å². The maximum atomic E-state index is 12.1. The molecule has 0 saturated heterocycles. The minimum Gasteiger partial charge on any atom is -0.464 e. The van der Waals surface area contributed by atoms with Gasteiger partial charge in [0.25, 0.3) is 5.82 Å². The highest BCUT2D eigenvalue weighted by Gasteiger charge is 2.25. The fourth-order valence-corrected chi connectivity index (χ4v) is 3.98. The van der Waals surface area contributed by atoms with E-state index in [0.29, 0.717) is 12.6 Å². The van der Waals surface area contributed by atoms with Crippen LogP contribution < -0.4 is 9.88 Å². The summed E-state index contributed by atoms with van der Waals surface area (Å²) in [6, 6.07) is 11.0. The predicted octanol–water partition coefficient (Wildman–Crippen LogP) is 3.69. The van der Waals surface area contributed by atoms with Gasteiger partial charge in [-0.25, -0.2) is 13.8 Å². The van der Waals surface area contributed by atoms with Crippen LogP contribution in [0.15, 0.2) is 42.9 Å². The minimum atomic E-state index is -0.204. The van der Waals surface area contributed by atoms with Crippen molar-refractivity contribution in [2.75, 3.05) is 11.9 Å². The van der Waals surface area contributed by atoms with Crippen molar-refractivity contribution in [2.45, 2.75) is 51.6 Å². The molecule has 1 aliphatic rings. The van der Waals surface area contributed by atoms with Gasteiger partial charge in [-0.15, -0.1) is 0 Å². The molecular weight excluding hydrogens is 326 g/mol. The van der Waals surface area contributed by atoms with E-state index in [0.717, 1.165) is 11.3 Å². The van der Waals surface area contributed by atoms with Gasteiger partial charge in [0.05, 0.1) is 18.8 Å². The second kappa shape index (κ2) is 7.36. The van der Waals surface area contributed by atoms with Gasteiger partial charge in [0, 0.05) is 5.39 Å². The third-order valence-electron chi connectivity index (χ3n) is 5.21. The lowest BCUT2D eigenvalue weighted by Crippen LogP contribution is -2.41. The molecule has 0 unspecified atom stereocenters. The number of aromatic nitrogens is 2. The first-order valence-corrected chi connectivity index (χ1v) is 9.60. The molecule has 136 valence electrons. The third-order valence-corrected chi connectivity index (χ3v) is 5.21. The Morgan fingerprint density at radius 3 is 2.85 bits per heavy atom. The second-order valence-corrected chi connectivity index (χ2v) is 7.04. The maximum Gasteiger partial charge on any atom is 0.340 e. The Balaban J connectivity index is 1.81. The molecule has 26 heavy (non-hydrogen) atoms. The number of anilines is 1. The summed E-state index contributed by atoms with van der Waals surface area (Å²) in [5.41, 5.74) is 1.12. The van der Waals surface area contributed by atoms with Crippen LogP contribution in [-0.4, -0.2) is 23.0 Å². The van der Waals surface area contributed by atoms with Gasteiger partial charge in [0.1, 0.15) is 0 Å². The van der Waals surface area contributed by atoms with Crippen LogP contribution in [0.25, 0.3) is 16.3 Å². The van der Waals surface area contributed by atoms with Gasteiger partial charge in [-0.3, -0.25) is 5.32 Å². The Morgan fingerprint density at radius 2 is 2.04 bits per heavy atom. The lowest BCUT2D eigenvalue weighted by molar-refractivity contribution is -0.671. The van der Waals surface area contributed by atoms with E-state index in [-0.39, 0.29) is 12.5 Å². The molecule has 0 aliphatic heterocycles. The number of ether oxygens (including phenoxy) is 1. The Bertz CT molecular complexity index is 926. The first-order chi connectivity index (χ1) is 12.8. The molecule has 4 rings (SSSR count). The Labute approximate surface area is 153 Å². The maximum absolute atomic E-state index is 12.1. The second-order valence-electron chi connectivity index (χ2n) is 7.04. The van der Waals surface area contributed by atoms with Gasteiger partial charge in [-0.05, 0) is 31.2 Å². The molecule has 0 atom stereocenters. The molecule has 1 aliphatic carbocycles. The molecular formula is C21H26N3O2+. The van der Waals surface area contributed by atoms with Crippen molar-refractivity contribution in [3.8, 4) is 0 Å². The van der Waals surface area contributed by atoms with Crippen LogP contribution in [-0.2, 0) is 16.1 Å². The highest BCUT2D eigenvalue weighted by atomic mass is 16.5. The summed E-state index contributed by atoms with van der Waals surface area (Å²) in [6.07, 6.45) is 10.3. The number of carbonyl (C=O) groups excluding carboxylic acids is 1. The summed E-state index contributed by atoms with van der Waals surface area (Å²) >= 11 is 0. The minimum absolute atomic E-state index is 0.204. The first-order valence-electron chi connectivity index (χ1n) is 9.60. The average Bonchev–Trinajstić information content (AvgIpc) is 3.00. The summed E-state index contributed by atoms with van der Waals surface area (Å²) in [4.78, 5) is 12.1. The number of carbonyl (C=O) groups is 1. The molecule has 1 saturated carbocycles. The van der Waals surface area contributed by atoms with Crippen LogP contribution in [0.1, 0.15) is 39.0 Å². The number of pyridine rings is 1. The summed E-state index contributed by atoms with van der Waals surface area (Å²) in [6.45, 7) is 2.47. The van der Waals surface area contributed by atoms with Crippen LogP contribution in [0, 0.1) is 0 Å². The van der Waals surface area contributed by atoms with Crippen molar-refractivity contribution in [3.63, 3.8) is 0 Å². The van der Waals surface area contributed by atoms with E-state index in [4.69, 9.17) is 4.74 Å². The molecule has 1 aromatic carbocycles. The van der Waals surface area contributed by atoms with Crippen LogP contribution in [0.2, 0.25) is 0 Å². The van der Waals surface area contributed by atoms with Crippen molar-refractivity contribution < 1.29 is 14.1 Å². The lowest BCUT2D eigenvalue weighted by Gasteiger charge is -2.20.